The Labute approximate surface area is 212 Å². The van der Waals surface area contributed by atoms with Gasteiger partial charge in [-0.25, -0.2) is 4.79 Å². The number of para-hydroxylation sites is 1. The zero-order valence-corrected chi connectivity index (χ0v) is 20.7. The highest BCUT2D eigenvalue weighted by Crippen LogP contribution is 2.45. The van der Waals surface area contributed by atoms with Crippen LogP contribution in [0.15, 0.2) is 69.9 Å². The molecule has 4 aromatic rings. The second-order valence-corrected chi connectivity index (χ2v) is 8.32. The third kappa shape index (κ3) is 4.18. The summed E-state index contributed by atoms with van der Waals surface area (Å²) in [7, 11) is 6.04. The molecule has 1 aliphatic heterocycles. The van der Waals surface area contributed by atoms with Gasteiger partial charge in [-0.1, -0.05) is 24.3 Å². The standard InChI is InChI=1S/C28H25NO8/c1-32-17-11-9-15(10-12-17)22-23-24(18-7-5-6-8-19(18)36-28(23)31)37-26(22)27(30)29-16-13-20(33-2)25(35-4)21(14-16)34-3/h5-14,22,26H,1-4H3,(H,29,30)/t22-,26-/m0/s1. The Hall–Kier alpha value is -4.66. The van der Waals surface area contributed by atoms with Crippen LogP contribution in [-0.4, -0.2) is 40.5 Å². The zero-order chi connectivity index (χ0) is 26.1. The Bertz CT molecular complexity index is 1500. The second-order valence-electron chi connectivity index (χ2n) is 8.32. The number of methoxy groups -OCH3 is 4. The van der Waals surface area contributed by atoms with Gasteiger partial charge in [0.15, 0.2) is 17.6 Å². The van der Waals surface area contributed by atoms with Crippen LogP contribution in [0.5, 0.6) is 28.7 Å². The first kappa shape index (κ1) is 24.1. The van der Waals surface area contributed by atoms with E-state index < -0.39 is 23.6 Å². The summed E-state index contributed by atoms with van der Waals surface area (Å²) in [6.07, 6.45) is -1.06. The van der Waals surface area contributed by atoms with Gasteiger partial charge in [-0.3, -0.25) is 4.79 Å². The lowest BCUT2D eigenvalue weighted by Crippen LogP contribution is -2.35. The Morgan fingerprint density at radius 3 is 2.16 bits per heavy atom. The number of rotatable bonds is 7. The first-order valence-corrected chi connectivity index (χ1v) is 11.5. The summed E-state index contributed by atoms with van der Waals surface area (Å²) in [6, 6.07) is 17.4. The highest BCUT2D eigenvalue weighted by molar-refractivity contribution is 5.98. The molecule has 1 aliphatic rings. The molecule has 0 radical (unpaired) electrons. The van der Waals surface area contributed by atoms with Crippen molar-refractivity contribution >= 4 is 22.6 Å². The van der Waals surface area contributed by atoms with Crippen molar-refractivity contribution in [3.05, 3.63) is 82.2 Å². The largest absolute Gasteiger partial charge is 0.497 e. The van der Waals surface area contributed by atoms with E-state index in [1.54, 1.807) is 61.7 Å². The van der Waals surface area contributed by atoms with E-state index in [4.69, 9.17) is 28.1 Å². The molecule has 0 fully saturated rings. The van der Waals surface area contributed by atoms with Crippen molar-refractivity contribution in [2.75, 3.05) is 33.8 Å². The molecule has 0 bridgehead atoms. The van der Waals surface area contributed by atoms with E-state index >= 15 is 0 Å². The lowest BCUT2D eigenvalue weighted by atomic mass is 9.88. The molecular weight excluding hydrogens is 478 g/mol. The van der Waals surface area contributed by atoms with Gasteiger partial charge < -0.3 is 33.4 Å². The maximum absolute atomic E-state index is 13.7. The highest BCUT2D eigenvalue weighted by Gasteiger charge is 2.44. The van der Waals surface area contributed by atoms with Gasteiger partial charge in [-0.15, -0.1) is 0 Å². The summed E-state index contributed by atoms with van der Waals surface area (Å²) in [6.45, 7) is 0. The van der Waals surface area contributed by atoms with Gasteiger partial charge in [0.05, 0.1) is 45.3 Å². The van der Waals surface area contributed by atoms with Gasteiger partial charge in [-0.2, -0.15) is 0 Å². The minimum absolute atomic E-state index is 0.286. The van der Waals surface area contributed by atoms with Crippen molar-refractivity contribution in [1.29, 1.82) is 0 Å². The number of nitrogens with one attached hydrogen (secondary N) is 1. The van der Waals surface area contributed by atoms with Crippen molar-refractivity contribution in [2.24, 2.45) is 0 Å². The molecule has 0 saturated heterocycles. The first-order valence-electron chi connectivity index (χ1n) is 11.5. The average molecular weight is 504 g/mol. The predicted octanol–water partition coefficient (Wildman–Crippen LogP) is 4.36. The van der Waals surface area contributed by atoms with Crippen LogP contribution < -0.4 is 34.6 Å². The van der Waals surface area contributed by atoms with Crippen molar-refractivity contribution in [3.63, 3.8) is 0 Å². The van der Waals surface area contributed by atoms with E-state index in [0.717, 1.165) is 0 Å². The first-order chi connectivity index (χ1) is 18.0. The number of hydrogen-bond acceptors (Lipinski definition) is 8. The van der Waals surface area contributed by atoms with Crippen molar-refractivity contribution in [2.45, 2.75) is 12.0 Å². The number of carbonyl (C=O) groups excluding carboxylic acids is 1. The van der Waals surface area contributed by atoms with Gasteiger partial charge in [-0.05, 0) is 29.8 Å². The van der Waals surface area contributed by atoms with Crippen LogP contribution in [0.4, 0.5) is 5.69 Å². The summed E-state index contributed by atoms with van der Waals surface area (Å²) in [4.78, 5) is 26.8. The molecule has 0 aliphatic carbocycles. The molecule has 9 nitrogen and oxygen atoms in total. The number of ether oxygens (including phenoxy) is 5. The zero-order valence-electron chi connectivity index (χ0n) is 20.7. The lowest BCUT2D eigenvalue weighted by molar-refractivity contribution is -0.122. The van der Waals surface area contributed by atoms with Crippen LogP contribution in [0.2, 0.25) is 0 Å². The smallest absolute Gasteiger partial charge is 0.344 e. The predicted molar refractivity (Wildman–Crippen MR) is 136 cm³/mol. The maximum Gasteiger partial charge on any atom is 0.344 e. The molecule has 1 amide bonds. The van der Waals surface area contributed by atoms with Crippen LogP contribution >= 0.6 is 0 Å². The fraction of sp³-hybridized carbons (Fsp3) is 0.214. The van der Waals surface area contributed by atoms with E-state index in [0.29, 0.717) is 51.0 Å². The summed E-state index contributed by atoms with van der Waals surface area (Å²) in [5.41, 5.74) is 1.22. The van der Waals surface area contributed by atoms with E-state index in [1.165, 1.54) is 21.3 Å². The molecule has 0 unspecified atom stereocenters. The van der Waals surface area contributed by atoms with E-state index in [-0.39, 0.29) is 5.56 Å². The molecule has 1 N–H and O–H groups in total. The number of fused-ring (bicyclic) bond motifs is 3. The number of carbonyl (C=O) groups is 1. The van der Waals surface area contributed by atoms with Crippen molar-refractivity contribution < 1.29 is 32.9 Å². The SMILES string of the molecule is COc1ccc([C@H]2c3c(c4ccccc4oc3=O)O[C@@H]2C(=O)Nc2cc(OC)c(OC)c(OC)c2)cc1. The quantitative estimate of drug-likeness (QED) is 0.371. The summed E-state index contributed by atoms with van der Waals surface area (Å²) in [5, 5.41) is 3.48. The molecule has 2 atom stereocenters. The fourth-order valence-corrected chi connectivity index (χ4v) is 4.60. The molecule has 2 heterocycles. The van der Waals surface area contributed by atoms with Gasteiger partial charge in [0.1, 0.15) is 17.1 Å². The average Bonchev–Trinajstić information content (AvgIpc) is 3.34. The van der Waals surface area contributed by atoms with E-state index in [9.17, 15) is 9.59 Å². The number of amides is 1. The molecule has 190 valence electrons. The fourth-order valence-electron chi connectivity index (χ4n) is 4.60. The van der Waals surface area contributed by atoms with Crippen molar-refractivity contribution in [3.8, 4) is 28.7 Å². The molecule has 1 aromatic heterocycles. The number of benzene rings is 3. The third-order valence-corrected chi connectivity index (χ3v) is 6.32. The number of hydrogen-bond donors (Lipinski definition) is 1. The minimum atomic E-state index is -1.06. The summed E-state index contributed by atoms with van der Waals surface area (Å²) in [5.74, 6) is 0.952. The van der Waals surface area contributed by atoms with Crippen LogP contribution in [0.1, 0.15) is 17.0 Å². The number of anilines is 1. The van der Waals surface area contributed by atoms with Crippen LogP contribution in [0.3, 0.4) is 0 Å². The van der Waals surface area contributed by atoms with E-state index in [1.807, 2.05) is 6.07 Å². The molecule has 0 saturated carbocycles. The Kier molecular flexibility index (Phi) is 6.35. The van der Waals surface area contributed by atoms with Crippen LogP contribution in [0, 0.1) is 0 Å². The van der Waals surface area contributed by atoms with Gasteiger partial charge >= 0.3 is 5.63 Å². The lowest BCUT2D eigenvalue weighted by Gasteiger charge is -2.20. The monoisotopic (exact) mass is 503 g/mol. The normalized spacial score (nSPS) is 16.0. The Morgan fingerprint density at radius 2 is 1.54 bits per heavy atom. The van der Waals surface area contributed by atoms with Crippen molar-refractivity contribution in [1.82, 2.24) is 0 Å². The Balaban J connectivity index is 1.59. The maximum atomic E-state index is 13.7. The molecule has 37 heavy (non-hydrogen) atoms. The second kappa shape index (κ2) is 9.77. The van der Waals surface area contributed by atoms with Crippen LogP contribution in [-0.2, 0) is 4.79 Å². The molecule has 3 aromatic carbocycles. The molecule has 9 heteroatoms. The minimum Gasteiger partial charge on any atom is -0.497 e. The summed E-state index contributed by atoms with van der Waals surface area (Å²) < 4.78 is 33.3. The summed E-state index contributed by atoms with van der Waals surface area (Å²) >= 11 is 0. The highest BCUT2D eigenvalue weighted by atomic mass is 16.5. The molecular formula is C28H25NO8. The molecule has 0 spiro atoms. The Morgan fingerprint density at radius 1 is 0.865 bits per heavy atom. The van der Waals surface area contributed by atoms with Gasteiger partial charge in [0.2, 0.25) is 5.75 Å². The van der Waals surface area contributed by atoms with Gasteiger partial charge in [0.25, 0.3) is 5.91 Å². The molecule has 5 rings (SSSR count). The topological polar surface area (TPSA) is 105 Å². The third-order valence-electron chi connectivity index (χ3n) is 6.32. The van der Waals surface area contributed by atoms with E-state index in [2.05, 4.69) is 5.32 Å². The van der Waals surface area contributed by atoms with Crippen LogP contribution in [0.25, 0.3) is 11.0 Å². The van der Waals surface area contributed by atoms with Gasteiger partial charge in [0, 0.05) is 17.8 Å².